The second-order valence-corrected chi connectivity index (χ2v) is 4.84. The maximum atomic E-state index is 13.2. The largest absolute Gasteiger partial charge is 0.207 e. The monoisotopic (exact) mass is 204 g/mol. The van der Waals surface area contributed by atoms with E-state index < -0.39 is 0 Å². The summed E-state index contributed by atoms with van der Waals surface area (Å²) in [6.07, 6.45) is 2.06. The highest BCUT2D eigenvalue weighted by molar-refractivity contribution is 5.76. The standard InChI is InChI=1S/C14H17F/c1-9(2)6-13-10(3)7-11-4-5-12(15)8-14(11)13/h4-5,8-9H,6-7H2,1-3H3. The zero-order valence-electron chi connectivity index (χ0n) is 9.60. The van der Waals surface area contributed by atoms with Gasteiger partial charge in [0.15, 0.2) is 0 Å². The summed E-state index contributed by atoms with van der Waals surface area (Å²) in [5.41, 5.74) is 5.19. The molecular weight excluding hydrogens is 187 g/mol. The second kappa shape index (κ2) is 3.80. The third-order valence-electron chi connectivity index (χ3n) is 2.98. The van der Waals surface area contributed by atoms with Crippen LogP contribution in [0.1, 0.15) is 38.3 Å². The third kappa shape index (κ3) is 1.97. The molecule has 0 nitrogen and oxygen atoms in total. The predicted octanol–water partition coefficient (Wildman–Crippen LogP) is 4.20. The van der Waals surface area contributed by atoms with Crippen molar-refractivity contribution in [1.82, 2.24) is 0 Å². The fourth-order valence-corrected chi connectivity index (χ4v) is 2.30. The molecular formula is C14H17F. The maximum absolute atomic E-state index is 13.2. The summed E-state index contributed by atoms with van der Waals surface area (Å²) in [4.78, 5) is 0. The van der Waals surface area contributed by atoms with Crippen molar-refractivity contribution in [2.75, 3.05) is 0 Å². The first-order valence-electron chi connectivity index (χ1n) is 5.55. The summed E-state index contributed by atoms with van der Waals surface area (Å²) < 4.78 is 13.2. The van der Waals surface area contributed by atoms with E-state index in [-0.39, 0.29) is 5.82 Å². The minimum Gasteiger partial charge on any atom is -0.207 e. The lowest BCUT2D eigenvalue weighted by Gasteiger charge is -2.09. The summed E-state index contributed by atoms with van der Waals surface area (Å²) in [6.45, 7) is 6.57. The first-order chi connectivity index (χ1) is 7.08. The maximum Gasteiger partial charge on any atom is 0.123 e. The van der Waals surface area contributed by atoms with Crippen LogP contribution in [0.25, 0.3) is 5.57 Å². The Balaban J connectivity index is 2.40. The highest BCUT2D eigenvalue weighted by atomic mass is 19.1. The van der Waals surface area contributed by atoms with Crippen molar-refractivity contribution < 1.29 is 4.39 Å². The van der Waals surface area contributed by atoms with Crippen molar-refractivity contribution in [3.05, 3.63) is 40.7 Å². The summed E-state index contributed by atoms with van der Waals surface area (Å²) in [6, 6.07) is 5.16. The van der Waals surface area contributed by atoms with E-state index in [1.54, 1.807) is 12.1 Å². The molecule has 1 aliphatic rings. The van der Waals surface area contributed by atoms with Crippen LogP contribution < -0.4 is 0 Å². The van der Waals surface area contributed by atoms with Gasteiger partial charge in [0, 0.05) is 0 Å². The SMILES string of the molecule is CC1=C(CC(C)C)c2cc(F)ccc2C1. The zero-order valence-corrected chi connectivity index (χ0v) is 9.60. The van der Waals surface area contributed by atoms with Crippen LogP contribution in [0.4, 0.5) is 4.39 Å². The Labute approximate surface area is 90.8 Å². The molecule has 0 radical (unpaired) electrons. The molecule has 0 heterocycles. The molecule has 0 saturated heterocycles. The van der Waals surface area contributed by atoms with E-state index in [0.29, 0.717) is 5.92 Å². The topological polar surface area (TPSA) is 0 Å². The van der Waals surface area contributed by atoms with E-state index in [2.05, 4.69) is 20.8 Å². The van der Waals surface area contributed by atoms with Crippen LogP contribution in [0.5, 0.6) is 0 Å². The molecule has 0 aliphatic heterocycles. The number of hydrogen-bond acceptors (Lipinski definition) is 0. The number of benzene rings is 1. The van der Waals surface area contributed by atoms with Crippen molar-refractivity contribution in [2.24, 2.45) is 5.92 Å². The van der Waals surface area contributed by atoms with Crippen LogP contribution >= 0.6 is 0 Å². The lowest BCUT2D eigenvalue weighted by atomic mass is 9.96. The first-order valence-corrected chi connectivity index (χ1v) is 5.55. The Hall–Kier alpha value is -1.11. The average Bonchev–Trinajstić information content (AvgIpc) is 2.43. The Kier molecular flexibility index (Phi) is 2.64. The number of allylic oxidation sites excluding steroid dienone is 2. The average molecular weight is 204 g/mol. The van der Waals surface area contributed by atoms with Crippen molar-refractivity contribution in [2.45, 2.75) is 33.6 Å². The fourth-order valence-electron chi connectivity index (χ4n) is 2.30. The number of rotatable bonds is 2. The fraction of sp³-hybridized carbons (Fsp3) is 0.429. The summed E-state index contributed by atoms with van der Waals surface area (Å²) in [5.74, 6) is 0.508. The van der Waals surface area contributed by atoms with Gasteiger partial charge in [0.2, 0.25) is 0 Å². The molecule has 0 fully saturated rings. The minimum atomic E-state index is -0.121. The molecule has 0 bridgehead atoms. The van der Waals surface area contributed by atoms with Gasteiger partial charge in [0.1, 0.15) is 5.82 Å². The molecule has 0 unspecified atom stereocenters. The molecule has 0 amide bonds. The first kappa shape index (κ1) is 10.4. The van der Waals surface area contributed by atoms with E-state index in [4.69, 9.17) is 0 Å². The highest BCUT2D eigenvalue weighted by Crippen LogP contribution is 2.36. The highest BCUT2D eigenvalue weighted by Gasteiger charge is 2.19. The van der Waals surface area contributed by atoms with Crippen LogP contribution in [-0.2, 0) is 6.42 Å². The molecule has 1 aromatic rings. The van der Waals surface area contributed by atoms with Gasteiger partial charge < -0.3 is 0 Å². The molecule has 0 aromatic heterocycles. The molecule has 1 heteroatoms. The normalized spacial score (nSPS) is 15.0. The molecule has 1 aliphatic carbocycles. The summed E-state index contributed by atoms with van der Waals surface area (Å²) in [5, 5.41) is 0. The van der Waals surface area contributed by atoms with Crippen LogP contribution in [0.3, 0.4) is 0 Å². The molecule has 1 aromatic carbocycles. The molecule has 0 saturated carbocycles. The molecule has 0 N–H and O–H groups in total. The molecule has 0 spiro atoms. The van der Waals surface area contributed by atoms with E-state index in [1.165, 1.54) is 16.7 Å². The molecule has 2 rings (SSSR count). The Morgan fingerprint density at radius 1 is 1.33 bits per heavy atom. The lowest BCUT2D eigenvalue weighted by Crippen LogP contribution is -1.92. The summed E-state index contributed by atoms with van der Waals surface area (Å²) in [7, 11) is 0. The van der Waals surface area contributed by atoms with Crippen LogP contribution in [-0.4, -0.2) is 0 Å². The van der Waals surface area contributed by atoms with Crippen molar-refractivity contribution in [1.29, 1.82) is 0 Å². The van der Waals surface area contributed by atoms with Crippen molar-refractivity contribution >= 4 is 5.57 Å². The van der Waals surface area contributed by atoms with Gasteiger partial charge >= 0.3 is 0 Å². The second-order valence-electron chi connectivity index (χ2n) is 4.84. The molecule has 15 heavy (non-hydrogen) atoms. The van der Waals surface area contributed by atoms with Crippen LogP contribution in [0, 0.1) is 11.7 Å². The number of fused-ring (bicyclic) bond motifs is 1. The number of halogens is 1. The zero-order chi connectivity index (χ0) is 11.0. The third-order valence-corrected chi connectivity index (χ3v) is 2.98. The summed E-state index contributed by atoms with van der Waals surface area (Å²) >= 11 is 0. The van der Waals surface area contributed by atoms with E-state index in [9.17, 15) is 4.39 Å². The molecule has 80 valence electrons. The minimum absolute atomic E-state index is 0.121. The van der Waals surface area contributed by atoms with E-state index >= 15 is 0 Å². The van der Waals surface area contributed by atoms with Gasteiger partial charge in [0.25, 0.3) is 0 Å². The smallest absolute Gasteiger partial charge is 0.123 e. The van der Waals surface area contributed by atoms with Gasteiger partial charge in [-0.05, 0) is 54.5 Å². The van der Waals surface area contributed by atoms with Crippen LogP contribution in [0.2, 0.25) is 0 Å². The van der Waals surface area contributed by atoms with E-state index in [1.807, 2.05) is 6.07 Å². The van der Waals surface area contributed by atoms with Crippen LogP contribution in [0.15, 0.2) is 23.8 Å². The Morgan fingerprint density at radius 2 is 2.07 bits per heavy atom. The van der Waals surface area contributed by atoms with Gasteiger partial charge in [-0.2, -0.15) is 0 Å². The van der Waals surface area contributed by atoms with Crippen molar-refractivity contribution in [3.63, 3.8) is 0 Å². The predicted molar refractivity (Wildman–Crippen MR) is 62.2 cm³/mol. The Morgan fingerprint density at radius 3 is 2.73 bits per heavy atom. The van der Waals surface area contributed by atoms with Gasteiger partial charge in [-0.1, -0.05) is 25.5 Å². The van der Waals surface area contributed by atoms with Crippen molar-refractivity contribution in [3.8, 4) is 0 Å². The quantitative estimate of drug-likeness (QED) is 0.677. The molecule has 0 atom stereocenters. The Bertz CT molecular complexity index is 413. The van der Waals surface area contributed by atoms with Gasteiger partial charge in [-0.15, -0.1) is 0 Å². The van der Waals surface area contributed by atoms with Gasteiger partial charge in [0.05, 0.1) is 0 Å². The van der Waals surface area contributed by atoms with Gasteiger partial charge in [-0.3, -0.25) is 0 Å². The number of hydrogen-bond donors (Lipinski definition) is 0. The van der Waals surface area contributed by atoms with E-state index in [0.717, 1.165) is 18.4 Å². The lowest BCUT2D eigenvalue weighted by molar-refractivity contribution is 0.626. The van der Waals surface area contributed by atoms with Gasteiger partial charge in [-0.25, -0.2) is 4.39 Å².